The molecular weight excluding hydrogens is 370 g/mol. The number of rotatable bonds is 4. The summed E-state index contributed by atoms with van der Waals surface area (Å²) in [6.07, 6.45) is 2.42. The molecule has 2 aromatic carbocycles. The summed E-state index contributed by atoms with van der Waals surface area (Å²) in [5, 5.41) is 5.93. The third-order valence-electron chi connectivity index (χ3n) is 5.28. The second-order valence-corrected chi connectivity index (χ2v) is 8.21. The van der Waals surface area contributed by atoms with Crippen LogP contribution in [0, 0.1) is 5.92 Å². The van der Waals surface area contributed by atoms with E-state index in [9.17, 15) is 9.59 Å². The SMILES string of the molecule is CN1C(=O)Cc2cc(-c3csc(-c4cccc(NC(=O)C5CC5)c4)n3)ccc21. The molecule has 0 atom stereocenters. The first-order valence-corrected chi connectivity index (χ1v) is 10.2. The van der Waals surface area contributed by atoms with E-state index < -0.39 is 0 Å². The van der Waals surface area contributed by atoms with Gasteiger partial charge in [0.2, 0.25) is 11.8 Å². The number of hydrogen-bond acceptors (Lipinski definition) is 4. The number of likely N-dealkylation sites (N-methyl/N-ethyl adjacent to an activating group) is 1. The van der Waals surface area contributed by atoms with E-state index in [0.29, 0.717) is 6.42 Å². The molecule has 1 fully saturated rings. The molecule has 0 spiro atoms. The average molecular weight is 389 g/mol. The van der Waals surface area contributed by atoms with Gasteiger partial charge < -0.3 is 10.2 Å². The molecule has 0 radical (unpaired) electrons. The zero-order valence-electron chi connectivity index (χ0n) is 15.4. The van der Waals surface area contributed by atoms with E-state index in [4.69, 9.17) is 4.98 Å². The van der Waals surface area contributed by atoms with Crippen LogP contribution in [0.2, 0.25) is 0 Å². The van der Waals surface area contributed by atoms with Crippen molar-refractivity contribution in [3.8, 4) is 21.8 Å². The highest BCUT2D eigenvalue weighted by Gasteiger charge is 2.29. The summed E-state index contributed by atoms with van der Waals surface area (Å²) < 4.78 is 0. The number of nitrogens with one attached hydrogen (secondary N) is 1. The highest BCUT2D eigenvalue weighted by Crippen LogP contribution is 2.35. The van der Waals surface area contributed by atoms with Crippen molar-refractivity contribution in [1.29, 1.82) is 0 Å². The fourth-order valence-corrected chi connectivity index (χ4v) is 4.31. The lowest BCUT2D eigenvalue weighted by Crippen LogP contribution is -2.20. The van der Waals surface area contributed by atoms with Crippen molar-refractivity contribution in [3.05, 3.63) is 53.4 Å². The second kappa shape index (κ2) is 6.56. The molecule has 1 aromatic heterocycles. The molecule has 5 nitrogen and oxygen atoms in total. The van der Waals surface area contributed by atoms with Crippen molar-refractivity contribution < 1.29 is 9.59 Å². The topological polar surface area (TPSA) is 62.3 Å². The van der Waals surface area contributed by atoms with E-state index in [1.165, 1.54) is 0 Å². The number of anilines is 2. The second-order valence-electron chi connectivity index (χ2n) is 7.36. The molecule has 1 aliphatic heterocycles. The highest BCUT2D eigenvalue weighted by molar-refractivity contribution is 7.13. The van der Waals surface area contributed by atoms with Gasteiger partial charge in [0.15, 0.2) is 0 Å². The van der Waals surface area contributed by atoms with Crippen LogP contribution in [0.15, 0.2) is 47.8 Å². The Morgan fingerprint density at radius 2 is 2.04 bits per heavy atom. The molecule has 3 aromatic rings. The van der Waals surface area contributed by atoms with Crippen LogP contribution in [-0.4, -0.2) is 23.8 Å². The molecule has 0 unspecified atom stereocenters. The first-order valence-electron chi connectivity index (χ1n) is 9.35. The van der Waals surface area contributed by atoms with Gasteiger partial charge in [0.25, 0.3) is 0 Å². The first-order chi connectivity index (χ1) is 13.6. The zero-order chi connectivity index (χ0) is 19.3. The maximum atomic E-state index is 12.0. The van der Waals surface area contributed by atoms with E-state index in [-0.39, 0.29) is 17.7 Å². The minimum absolute atomic E-state index is 0.106. The van der Waals surface area contributed by atoms with Crippen molar-refractivity contribution in [1.82, 2.24) is 4.98 Å². The van der Waals surface area contributed by atoms with Crippen LogP contribution < -0.4 is 10.2 Å². The van der Waals surface area contributed by atoms with E-state index in [1.807, 2.05) is 48.8 Å². The third kappa shape index (κ3) is 3.10. The Kier molecular flexibility index (Phi) is 4.02. The number of fused-ring (bicyclic) bond motifs is 1. The van der Waals surface area contributed by atoms with Crippen LogP contribution in [-0.2, 0) is 16.0 Å². The van der Waals surface area contributed by atoms with E-state index in [2.05, 4.69) is 11.4 Å². The number of carbonyl (C=O) groups is 2. The van der Waals surface area contributed by atoms with Crippen LogP contribution in [0.5, 0.6) is 0 Å². The number of amides is 2. The summed E-state index contributed by atoms with van der Waals surface area (Å²) in [6.45, 7) is 0. The molecular formula is C22H19N3O2S. The van der Waals surface area contributed by atoms with Crippen molar-refractivity contribution in [2.24, 2.45) is 5.92 Å². The van der Waals surface area contributed by atoms with Crippen molar-refractivity contribution in [2.45, 2.75) is 19.3 Å². The molecule has 0 saturated heterocycles. The summed E-state index contributed by atoms with van der Waals surface area (Å²) in [6, 6.07) is 13.9. The molecule has 140 valence electrons. The Morgan fingerprint density at radius 3 is 2.86 bits per heavy atom. The molecule has 2 heterocycles. The average Bonchev–Trinajstić information content (AvgIpc) is 3.37. The van der Waals surface area contributed by atoms with E-state index in [0.717, 1.165) is 51.6 Å². The summed E-state index contributed by atoms with van der Waals surface area (Å²) in [7, 11) is 1.81. The molecule has 28 heavy (non-hydrogen) atoms. The zero-order valence-corrected chi connectivity index (χ0v) is 16.3. The minimum atomic E-state index is 0.106. The van der Waals surface area contributed by atoms with Crippen LogP contribution in [0.1, 0.15) is 18.4 Å². The largest absolute Gasteiger partial charge is 0.326 e. The van der Waals surface area contributed by atoms with Gasteiger partial charge >= 0.3 is 0 Å². The van der Waals surface area contributed by atoms with Gasteiger partial charge in [0.1, 0.15) is 5.01 Å². The normalized spacial score (nSPS) is 15.6. The number of carbonyl (C=O) groups excluding carboxylic acids is 2. The first kappa shape index (κ1) is 17.1. The number of aromatic nitrogens is 1. The predicted octanol–water partition coefficient (Wildman–Crippen LogP) is 4.34. The summed E-state index contributed by atoms with van der Waals surface area (Å²) >= 11 is 1.58. The van der Waals surface area contributed by atoms with Crippen molar-refractivity contribution >= 4 is 34.5 Å². The monoisotopic (exact) mass is 389 g/mol. The lowest BCUT2D eigenvalue weighted by molar-refractivity contribution is -0.118. The molecule has 5 rings (SSSR count). The lowest BCUT2D eigenvalue weighted by atomic mass is 10.1. The third-order valence-corrected chi connectivity index (χ3v) is 6.17. The Bertz CT molecular complexity index is 1100. The van der Waals surface area contributed by atoms with E-state index >= 15 is 0 Å². The van der Waals surface area contributed by atoms with Crippen molar-refractivity contribution in [3.63, 3.8) is 0 Å². The van der Waals surface area contributed by atoms with Gasteiger partial charge in [-0.3, -0.25) is 9.59 Å². The fraction of sp³-hybridized carbons (Fsp3) is 0.227. The Balaban J connectivity index is 1.40. The number of nitrogens with zero attached hydrogens (tertiary/aromatic N) is 2. The van der Waals surface area contributed by atoms with E-state index in [1.54, 1.807) is 16.2 Å². The standard InChI is InChI=1S/C22H19N3O2S/c1-25-19-8-7-14(9-16(19)11-20(25)26)18-12-28-22(24-18)15-3-2-4-17(10-15)23-21(27)13-5-6-13/h2-4,7-10,12-13H,5-6,11H2,1H3,(H,23,27). The molecule has 2 aliphatic rings. The predicted molar refractivity (Wildman–Crippen MR) is 111 cm³/mol. The van der Waals surface area contributed by atoms with Gasteiger partial charge in [0.05, 0.1) is 12.1 Å². The molecule has 0 bridgehead atoms. The molecule has 2 amide bonds. The quantitative estimate of drug-likeness (QED) is 0.722. The number of hydrogen-bond donors (Lipinski definition) is 1. The Labute approximate surface area is 167 Å². The lowest BCUT2D eigenvalue weighted by Gasteiger charge is -2.09. The van der Waals surface area contributed by atoms with Gasteiger partial charge in [-0.15, -0.1) is 11.3 Å². The molecule has 1 saturated carbocycles. The summed E-state index contributed by atoms with van der Waals surface area (Å²) in [5.74, 6) is 0.409. The van der Waals surface area contributed by atoms with Crippen LogP contribution in [0.3, 0.4) is 0 Å². The van der Waals surface area contributed by atoms with Gasteiger partial charge in [-0.1, -0.05) is 18.2 Å². The van der Waals surface area contributed by atoms with Crippen LogP contribution in [0.4, 0.5) is 11.4 Å². The maximum absolute atomic E-state index is 12.0. The highest BCUT2D eigenvalue weighted by atomic mass is 32.1. The van der Waals surface area contributed by atoms with Crippen LogP contribution in [0.25, 0.3) is 21.8 Å². The smallest absolute Gasteiger partial charge is 0.231 e. The van der Waals surface area contributed by atoms with Crippen molar-refractivity contribution in [2.75, 3.05) is 17.3 Å². The van der Waals surface area contributed by atoms with Gasteiger partial charge in [-0.2, -0.15) is 0 Å². The maximum Gasteiger partial charge on any atom is 0.231 e. The fourth-order valence-electron chi connectivity index (χ4n) is 3.49. The molecule has 1 aliphatic carbocycles. The number of thiazole rings is 1. The van der Waals surface area contributed by atoms with Crippen LogP contribution >= 0.6 is 11.3 Å². The molecule has 1 N–H and O–H groups in total. The summed E-state index contributed by atoms with van der Waals surface area (Å²) in [5.41, 5.74) is 5.73. The van der Waals surface area contributed by atoms with Gasteiger partial charge in [-0.25, -0.2) is 4.98 Å². The van der Waals surface area contributed by atoms with Gasteiger partial charge in [0, 0.05) is 40.8 Å². The van der Waals surface area contributed by atoms with Gasteiger partial charge in [-0.05, 0) is 42.7 Å². The number of benzene rings is 2. The molecule has 6 heteroatoms. The Morgan fingerprint density at radius 1 is 1.18 bits per heavy atom. The Hall–Kier alpha value is -2.99. The minimum Gasteiger partial charge on any atom is -0.326 e. The summed E-state index contributed by atoms with van der Waals surface area (Å²) in [4.78, 5) is 30.4.